The number of alkyl halides is 3. The van der Waals surface area contributed by atoms with Crippen LogP contribution < -0.4 is 10.6 Å². The van der Waals surface area contributed by atoms with Crippen molar-refractivity contribution in [1.29, 1.82) is 0 Å². The Bertz CT molecular complexity index is 970. The van der Waals surface area contributed by atoms with E-state index in [0.29, 0.717) is 30.4 Å². The Hall–Kier alpha value is -2.91. The maximum atomic E-state index is 12.8. The third-order valence-corrected chi connectivity index (χ3v) is 4.17. The molecular weight excluding hydrogens is 407 g/mol. The number of aliphatic hydroxyl groups excluding tert-OH is 1. The smallest absolute Gasteiger partial charge is 0.396 e. The van der Waals surface area contributed by atoms with Crippen LogP contribution in [0.4, 0.5) is 30.6 Å². The predicted octanol–water partition coefficient (Wildman–Crippen LogP) is 4.75. The molecule has 0 fully saturated rings. The van der Waals surface area contributed by atoms with E-state index in [1.54, 1.807) is 24.5 Å². The van der Waals surface area contributed by atoms with Gasteiger partial charge >= 0.3 is 6.18 Å². The first-order valence-electron chi connectivity index (χ1n) is 8.65. The van der Waals surface area contributed by atoms with Gasteiger partial charge in [0.1, 0.15) is 5.82 Å². The van der Waals surface area contributed by atoms with Gasteiger partial charge in [-0.25, -0.2) is 4.98 Å². The molecule has 0 saturated heterocycles. The van der Waals surface area contributed by atoms with Gasteiger partial charge in [-0.1, -0.05) is 11.6 Å². The van der Waals surface area contributed by atoms with Crippen molar-refractivity contribution in [3.63, 3.8) is 0 Å². The number of aliphatic hydroxyl groups is 1. The Morgan fingerprint density at radius 2 is 1.93 bits per heavy atom. The zero-order valence-corrected chi connectivity index (χ0v) is 15.8. The highest BCUT2D eigenvalue weighted by Gasteiger charge is 2.30. The Morgan fingerprint density at radius 3 is 2.59 bits per heavy atom. The third kappa shape index (κ3) is 5.55. The second-order valence-corrected chi connectivity index (χ2v) is 6.43. The van der Waals surface area contributed by atoms with Crippen LogP contribution in [0, 0.1) is 0 Å². The van der Waals surface area contributed by atoms with Gasteiger partial charge in [-0.2, -0.15) is 18.2 Å². The number of aromatic nitrogens is 3. The summed E-state index contributed by atoms with van der Waals surface area (Å²) in [5, 5.41) is 14.8. The van der Waals surface area contributed by atoms with Crippen molar-refractivity contribution >= 4 is 29.1 Å². The fourth-order valence-electron chi connectivity index (χ4n) is 2.46. The highest BCUT2D eigenvalue weighted by molar-refractivity contribution is 6.33. The molecule has 6 nitrogen and oxygen atoms in total. The lowest BCUT2D eigenvalue weighted by Gasteiger charge is -2.13. The van der Waals surface area contributed by atoms with Gasteiger partial charge in [0.05, 0.1) is 22.0 Å². The minimum absolute atomic E-state index is 0.0154. The lowest BCUT2D eigenvalue weighted by molar-refractivity contribution is -0.137. The number of hydrogen-bond acceptors (Lipinski definition) is 6. The highest BCUT2D eigenvalue weighted by Crippen LogP contribution is 2.35. The summed E-state index contributed by atoms with van der Waals surface area (Å²) in [5.74, 6) is 0.636. The first kappa shape index (κ1) is 20.8. The number of nitrogens with one attached hydrogen (secondary N) is 2. The minimum Gasteiger partial charge on any atom is -0.396 e. The van der Waals surface area contributed by atoms with E-state index in [-0.39, 0.29) is 17.3 Å². The maximum Gasteiger partial charge on any atom is 0.416 e. The van der Waals surface area contributed by atoms with Crippen LogP contribution in [-0.2, 0) is 6.18 Å². The normalized spacial score (nSPS) is 11.3. The standard InChI is InChI=1S/C19H17ClF3N5O/c20-14-9-13(19(21,22)23)4-5-15(14)26-17-10-16(12-3-1-6-24-11-12)27-18(28-17)25-7-2-8-29/h1,3-6,9-11,29H,2,7-8H2,(H2,25,26,27,28). The minimum atomic E-state index is -4.48. The molecule has 10 heteroatoms. The summed E-state index contributed by atoms with van der Waals surface area (Å²) in [7, 11) is 0. The second kappa shape index (κ2) is 9.06. The van der Waals surface area contributed by atoms with Gasteiger partial charge in [0.25, 0.3) is 0 Å². The van der Waals surface area contributed by atoms with Gasteiger partial charge in [-0.05, 0) is 36.8 Å². The summed E-state index contributed by atoms with van der Waals surface area (Å²) in [6.07, 6.45) is -0.705. The Labute approximate surface area is 169 Å². The molecule has 2 heterocycles. The fraction of sp³-hybridized carbons (Fsp3) is 0.211. The number of pyridine rings is 1. The first-order chi connectivity index (χ1) is 13.9. The third-order valence-electron chi connectivity index (χ3n) is 3.86. The summed E-state index contributed by atoms with van der Waals surface area (Å²) in [6, 6.07) is 8.27. The Morgan fingerprint density at radius 1 is 1.10 bits per heavy atom. The van der Waals surface area contributed by atoms with Crippen LogP contribution >= 0.6 is 11.6 Å². The summed E-state index contributed by atoms with van der Waals surface area (Å²) in [6.45, 7) is 0.467. The molecule has 0 bridgehead atoms. The number of nitrogens with zero attached hydrogens (tertiary/aromatic N) is 3. The van der Waals surface area contributed by atoms with Gasteiger partial charge in [-0.3, -0.25) is 4.98 Å². The summed E-state index contributed by atoms with van der Waals surface area (Å²) in [4.78, 5) is 12.8. The topological polar surface area (TPSA) is 83.0 Å². The molecular formula is C19H17ClF3N5O. The molecule has 0 unspecified atom stereocenters. The average Bonchev–Trinajstić information content (AvgIpc) is 2.69. The zero-order valence-electron chi connectivity index (χ0n) is 15.0. The van der Waals surface area contributed by atoms with E-state index < -0.39 is 11.7 Å². The molecule has 0 aliphatic heterocycles. The van der Waals surface area contributed by atoms with E-state index in [4.69, 9.17) is 16.7 Å². The van der Waals surface area contributed by atoms with Crippen LogP contribution in [0.1, 0.15) is 12.0 Å². The molecule has 0 radical (unpaired) electrons. The van der Waals surface area contributed by atoms with Crippen LogP contribution in [0.15, 0.2) is 48.8 Å². The first-order valence-corrected chi connectivity index (χ1v) is 9.02. The van der Waals surface area contributed by atoms with Crippen LogP contribution in [-0.4, -0.2) is 33.2 Å². The van der Waals surface area contributed by atoms with Crippen molar-refractivity contribution in [2.75, 3.05) is 23.8 Å². The molecule has 0 amide bonds. The van der Waals surface area contributed by atoms with E-state index in [2.05, 4.69) is 25.6 Å². The molecule has 152 valence electrons. The lowest BCUT2D eigenvalue weighted by atomic mass is 10.2. The summed E-state index contributed by atoms with van der Waals surface area (Å²) < 4.78 is 38.5. The van der Waals surface area contributed by atoms with Gasteiger partial charge in [-0.15, -0.1) is 0 Å². The van der Waals surface area contributed by atoms with Crippen LogP contribution in [0.5, 0.6) is 0 Å². The van der Waals surface area contributed by atoms with Gasteiger partial charge in [0, 0.05) is 37.2 Å². The number of anilines is 3. The van der Waals surface area contributed by atoms with Crippen molar-refractivity contribution in [1.82, 2.24) is 15.0 Å². The monoisotopic (exact) mass is 423 g/mol. The molecule has 0 spiro atoms. The molecule has 0 aliphatic rings. The molecule has 1 aromatic carbocycles. The SMILES string of the molecule is OCCCNc1nc(Nc2ccc(C(F)(F)F)cc2Cl)cc(-c2cccnc2)n1. The lowest BCUT2D eigenvalue weighted by Crippen LogP contribution is -2.09. The molecule has 0 aliphatic carbocycles. The molecule has 0 atom stereocenters. The van der Waals surface area contributed by atoms with E-state index in [9.17, 15) is 13.2 Å². The van der Waals surface area contributed by atoms with Crippen LogP contribution in [0.2, 0.25) is 5.02 Å². The van der Waals surface area contributed by atoms with Crippen molar-refractivity contribution in [2.45, 2.75) is 12.6 Å². The van der Waals surface area contributed by atoms with Crippen molar-refractivity contribution in [3.05, 3.63) is 59.4 Å². The van der Waals surface area contributed by atoms with E-state index in [0.717, 1.165) is 17.7 Å². The molecule has 2 aromatic heterocycles. The highest BCUT2D eigenvalue weighted by atomic mass is 35.5. The maximum absolute atomic E-state index is 12.8. The molecule has 3 aromatic rings. The van der Waals surface area contributed by atoms with Gasteiger partial charge in [0.2, 0.25) is 5.95 Å². The molecule has 0 saturated carbocycles. The summed E-state index contributed by atoms with van der Waals surface area (Å²) >= 11 is 6.03. The van der Waals surface area contributed by atoms with Crippen molar-refractivity contribution < 1.29 is 18.3 Å². The van der Waals surface area contributed by atoms with E-state index in [1.807, 2.05) is 6.07 Å². The van der Waals surface area contributed by atoms with Crippen LogP contribution in [0.3, 0.4) is 0 Å². The van der Waals surface area contributed by atoms with Crippen LogP contribution in [0.25, 0.3) is 11.3 Å². The molecule has 3 rings (SSSR count). The summed E-state index contributed by atoms with van der Waals surface area (Å²) in [5.41, 5.74) is 0.738. The van der Waals surface area contributed by atoms with Crippen molar-refractivity contribution in [2.24, 2.45) is 0 Å². The zero-order chi connectivity index (χ0) is 20.9. The quantitative estimate of drug-likeness (QED) is 0.476. The van der Waals surface area contributed by atoms with Crippen molar-refractivity contribution in [3.8, 4) is 11.3 Å². The molecule has 29 heavy (non-hydrogen) atoms. The Balaban J connectivity index is 1.92. The Kier molecular flexibility index (Phi) is 6.50. The number of rotatable bonds is 7. The predicted molar refractivity (Wildman–Crippen MR) is 105 cm³/mol. The number of halogens is 4. The fourth-order valence-corrected chi connectivity index (χ4v) is 2.69. The van der Waals surface area contributed by atoms with Gasteiger partial charge in [0.15, 0.2) is 0 Å². The number of hydrogen-bond donors (Lipinski definition) is 3. The van der Waals surface area contributed by atoms with Gasteiger partial charge < -0.3 is 15.7 Å². The number of benzene rings is 1. The second-order valence-electron chi connectivity index (χ2n) is 6.03. The van der Waals surface area contributed by atoms with E-state index >= 15 is 0 Å². The average molecular weight is 424 g/mol. The largest absolute Gasteiger partial charge is 0.416 e. The van der Waals surface area contributed by atoms with E-state index in [1.165, 1.54) is 6.07 Å². The molecule has 3 N–H and O–H groups in total.